The Morgan fingerprint density at radius 3 is 1.22 bits per heavy atom. The van der Waals surface area contributed by atoms with Gasteiger partial charge >= 0.3 is 34.0 Å². The molecule has 0 aliphatic carbocycles. The van der Waals surface area contributed by atoms with Gasteiger partial charge in [0.2, 0.25) is 0 Å². The maximum Gasteiger partial charge on any atom is 0.338 e. The van der Waals surface area contributed by atoms with Crippen molar-refractivity contribution in [1.29, 1.82) is 0 Å². The zero-order chi connectivity index (χ0) is 90.2. The summed E-state index contributed by atoms with van der Waals surface area (Å²) in [6.07, 6.45) is 0.660. The molecule has 1 aliphatic heterocycles. The van der Waals surface area contributed by atoms with Crippen LogP contribution in [0.5, 0.6) is 11.6 Å². The minimum absolute atomic E-state index is 0. The van der Waals surface area contributed by atoms with Gasteiger partial charge in [-0.05, 0) is 216 Å². The molecule has 4 N–H and O–H groups in total. The van der Waals surface area contributed by atoms with Crippen LogP contribution < -0.4 is 20.4 Å². The number of methoxy groups -OCH3 is 1. The van der Waals surface area contributed by atoms with E-state index in [1.165, 1.54) is 10.7 Å². The number of esters is 4. The van der Waals surface area contributed by atoms with E-state index in [9.17, 15) is 41.2 Å². The van der Waals surface area contributed by atoms with Crippen molar-refractivity contribution in [2.24, 2.45) is 5.92 Å². The van der Waals surface area contributed by atoms with E-state index in [1.54, 1.807) is 81.7 Å². The number of aromatic nitrogens is 8. The molecular weight excluding hydrogens is 1660 g/mol. The Morgan fingerprint density at radius 2 is 0.833 bits per heavy atom. The molecule has 2 atom stereocenters. The molecule has 1 fully saturated rings. The van der Waals surface area contributed by atoms with E-state index in [2.05, 4.69) is 10.2 Å². The van der Waals surface area contributed by atoms with Crippen LogP contribution in [0.2, 0.25) is 0 Å². The van der Waals surface area contributed by atoms with E-state index in [0.29, 0.717) is 70.6 Å². The number of hydroxylamine groups is 2. The van der Waals surface area contributed by atoms with Crippen LogP contribution in [0.1, 0.15) is 145 Å². The van der Waals surface area contributed by atoms with Crippen molar-refractivity contribution in [1.82, 2.24) is 44.2 Å². The molecule has 25 nitrogen and oxygen atoms in total. The number of anilines is 2. The van der Waals surface area contributed by atoms with Gasteiger partial charge in [-0.25, -0.2) is 41.9 Å². The van der Waals surface area contributed by atoms with Crippen molar-refractivity contribution in [2.75, 3.05) is 44.5 Å². The summed E-state index contributed by atoms with van der Waals surface area (Å²) >= 11 is 0. The molecule has 14 rings (SSSR count). The van der Waals surface area contributed by atoms with Crippen molar-refractivity contribution >= 4 is 51.4 Å². The topological polar surface area (TPSA) is 311 Å². The van der Waals surface area contributed by atoms with Crippen molar-refractivity contribution < 1.29 is 92.4 Å². The molecule has 126 heavy (non-hydrogen) atoms. The first-order chi connectivity index (χ1) is 59.3. The molecule has 655 valence electrons. The summed E-state index contributed by atoms with van der Waals surface area (Å²) in [5, 5.41) is 20.2. The molecule has 1 saturated heterocycles. The summed E-state index contributed by atoms with van der Waals surface area (Å²) in [5.41, 5.74) is 24.9. The number of carbonyl (C=O) groups is 5. The van der Waals surface area contributed by atoms with Gasteiger partial charge in [-0.3, -0.25) is 14.4 Å². The van der Waals surface area contributed by atoms with Gasteiger partial charge in [0, 0.05) is 79.8 Å². The average Bonchev–Trinajstić information content (AvgIpc) is 1.61. The molecule has 5 heterocycles. The molecule has 0 bridgehead atoms. The van der Waals surface area contributed by atoms with Gasteiger partial charge in [0.05, 0.1) is 92.8 Å². The number of ether oxygens (including phenoxy) is 5. The number of para-hydroxylation sites is 5. The first-order valence-electron chi connectivity index (χ1n) is 40.4. The number of halogens is 2. The molecular formula is C97H103F2N11O14SV. The Hall–Kier alpha value is -13.0. The second kappa shape index (κ2) is 41.7. The fourth-order valence-corrected chi connectivity index (χ4v) is 13.9. The second-order valence-electron chi connectivity index (χ2n) is 32.8. The van der Waals surface area contributed by atoms with Crippen LogP contribution in [-0.4, -0.2) is 132 Å². The Bertz CT molecular complexity index is 6040. The monoisotopic (exact) mass is 1770 g/mol. The Morgan fingerprint density at radius 1 is 0.468 bits per heavy atom. The number of ketones is 1. The van der Waals surface area contributed by atoms with E-state index in [4.69, 9.17) is 54.4 Å². The van der Waals surface area contributed by atoms with Gasteiger partial charge in [-0.1, -0.05) is 133 Å². The van der Waals surface area contributed by atoms with Gasteiger partial charge in [0.25, 0.3) is 5.88 Å². The maximum atomic E-state index is 14.2. The molecule has 1 aliphatic rings. The molecule has 0 spiro atoms. The van der Waals surface area contributed by atoms with Crippen molar-refractivity contribution in [2.45, 2.75) is 132 Å². The Kier molecular flexibility index (Phi) is 31.5. The van der Waals surface area contributed by atoms with E-state index in [-0.39, 0.29) is 73.3 Å². The first-order valence-corrected chi connectivity index (χ1v) is 42.2. The number of carbonyl (C=O) groups excluding carboxylic acids is 5. The summed E-state index contributed by atoms with van der Waals surface area (Å²) in [6.45, 7) is 25.3. The summed E-state index contributed by atoms with van der Waals surface area (Å²) in [7, 11) is -2.03. The summed E-state index contributed by atoms with van der Waals surface area (Å²) in [5.74, 6) is -2.28. The van der Waals surface area contributed by atoms with E-state index in [0.717, 1.165) is 97.3 Å². The predicted octanol–water partition coefficient (Wildman–Crippen LogP) is 18.3. The number of nitrogens with two attached hydrogens (primary N) is 2. The van der Waals surface area contributed by atoms with Crippen molar-refractivity contribution in [3.8, 4) is 68.2 Å². The SMILES string of the molecule is COCCN1C[C@@H](CC(=O)Cc2c(C)c(-c3ccc(C(=O)OC(C)(C)C)cc3)nn2-c2ccccc2)[C@H](c2ccc(F)c(F)c2)O1.Cc1c(-c2ccc(C(=O)OC(C)(C)C)cc2)nn(-c2ccccc2)c1CC(=O)Oc1ccccc1.Cc1c(-c2ccc(C(=O)OC(C)(C)C)cc2)nn(-c2ccccc2)c1N.Cc1c(OS(C)(=O)=O)nn(-c2ccccc2)c1N.[V]. The number of nitrogens with zero attached hydrogens (tertiary/aromatic N) is 9. The normalized spacial score (nSPS) is 13.3. The second-order valence-corrected chi connectivity index (χ2v) is 34.3. The predicted molar refractivity (Wildman–Crippen MR) is 476 cm³/mol. The number of nitrogen functional groups attached to an aromatic ring is 2. The molecule has 29 heteroatoms. The quantitative estimate of drug-likeness (QED) is 0.0260. The fraction of sp³-hybridized carbons (Fsp3) is 0.268. The molecule has 0 unspecified atom stereocenters. The smallest absolute Gasteiger partial charge is 0.338 e. The van der Waals surface area contributed by atoms with E-state index < -0.39 is 50.6 Å². The Labute approximate surface area is 744 Å². The zero-order valence-corrected chi connectivity index (χ0v) is 75.2. The molecule has 0 saturated carbocycles. The third kappa shape index (κ3) is 25.4. The van der Waals surface area contributed by atoms with Gasteiger partial charge < -0.3 is 39.3 Å². The fourth-order valence-electron chi connectivity index (χ4n) is 13.4. The van der Waals surface area contributed by atoms with Crippen molar-refractivity contribution in [3.05, 3.63) is 310 Å². The standard InChI is InChI=1S/C36H39F2N3O5.C29H28N2O4.C21H23N3O2.C11H13N3O3S.V/c1-23-32(21-29(42)19-27-22-40(17-18-44-5)46-34(27)26-15-16-30(37)31(38)20-26)41(28-9-7-6-8-10-28)39-33(23)24-11-13-25(14-12-24)35(43)45-36(2,3)4;1-20-25(19-26(32)34-24-13-9-6-10-14-24)31(23-11-7-5-8-12-23)30-27(20)21-15-17-22(18-16-21)28(33)35-29(2,3)4;1-14-18(23-24(19(14)22)17-8-6-5-7-9-17)15-10-12-16(13-11-15)20(25)26-21(2,3)4;1-8-10(12)14(9-6-4-3-5-7-9)13-11(8)17-18(2,15)16;/h6-16,20,27,34H,17-19,21-22H2,1-5H3;5-18H,19H2,1-4H3;5-13H,22H2,1-4H3;3-7H,12H2,1-2H3;/t27-,34+;;;;/m1..../s1. The van der Waals surface area contributed by atoms with E-state index >= 15 is 0 Å². The molecule has 4 aromatic heterocycles. The average molecular weight is 1770 g/mol. The Balaban J connectivity index is 0.000000184. The zero-order valence-electron chi connectivity index (χ0n) is 73.0. The molecule has 1 radical (unpaired) electrons. The van der Waals surface area contributed by atoms with Crippen LogP contribution in [0, 0.1) is 45.2 Å². The summed E-state index contributed by atoms with van der Waals surface area (Å²) < 4.78 is 88.6. The van der Waals surface area contributed by atoms with Crippen LogP contribution in [0.3, 0.4) is 0 Å². The molecule has 13 aromatic rings. The van der Waals surface area contributed by atoms with Crippen molar-refractivity contribution in [3.63, 3.8) is 0 Å². The van der Waals surface area contributed by atoms with E-state index in [1.807, 2.05) is 259 Å². The van der Waals surface area contributed by atoms with Gasteiger partial charge in [0.1, 0.15) is 46.1 Å². The third-order valence-corrected chi connectivity index (χ3v) is 19.9. The van der Waals surface area contributed by atoms with Crippen LogP contribution in [0.4, 0.5) is 20.4 Å². The van der Waals surface area contributed by atoms with Crippen LogP contribution >= 0.6 is 0 Å². The van der Waals surface area contributed by atoms with Crippen LogP contribution in [0.25, 0.3) is 56.5 Å². The minimum Gasteiger partial charge on any atom is -0.456 e. The number of hydrogen-bond acceptors (Lipinski definition) is 21. The number of rotatable bonds is 23. The number of benzene rings is 9. The van der Waals surface area contributed by atoms with Crippen LogP contribution in [0.15, 0.2) is 243 Å². The maximum absolute atomic E-state index is 14.2. The number of Topliss-reactive ketones (excluding diaryl/α,β-unsaturated/α-hetero) is 1. The molecule has 9 aromatic carbocycles. The minimum atomic E-state index is -3.62. The summed E-state index contributed by atoms with van der Waals surface area (Å²) in [4.78, 5) is 69.8. The van der Waals surface area contributed by atoms with Gasteiger partial charge in [-0.2, -0.15) is 28.8 Å². The van der Waals surface area contributed by atoms with Gasteiger partial charge in [-0.15, -0.1) is 5.10 Å². The van der Waals surface area contributed by atoms with Crippen LogP contribution in [-0.2, 0) is 74.9 Å². The number of hydrogen-bond donors (Lipinski definition) is 2. The third-order valence-electron chi connectivity index (χ3n) is 19.5. The largest absolute Gasteiger partial charge is 0.456 e. The summed E-state index contributed by atoms with van der Waals surface area (Å²) in [6, 6.07) is 72.3. The van der Waals surface area contributed by atoms with Gasteiger partial charge in [0.15, 0.2) is 11.6 Å². The molecule has 0 amide bonds. The first kappa shape index (κ1) is 95.3.